The van der Waals surface area contributed by atoms with Crippen molar-refractivity contribution >= 4 is 23.2 Å². The van der Waals surface area contributed by atoms with Gasteiger partial charge in [-0.3, -0.25) is 9.59 Å². The monoisotopic (exact) mass is 385 g/mol. The van der Waals surface area contributed by atoms with Gasteiger partial charge in [0.05, 0.1) is 17.3 Å². The Kier molecular flexibility index (Phi) is 5.08. The van der Waals surface area contributed by atoms with Gasteiger partial charge in [-0.2, -0.15) is 5.26 Å². The smallest absolute Gasteiger partial charge is 0.291 e. The van der Waals surface area contributed by atoms with E-state index in [1.165, 1.54) is 0 Å². The van der Waals surface area contributed by atoms with Crippen LogP contribution >= 0.6 is 0 Å². The molecule has 3 aromatic rings. The highest BCUT2D eigenvalue weighted by Crippen LogP contribution is 2.23. The number of hydrogen-bond donors (Lipinski definition) is 2. The molecule has 144 valence electrons. The summed E-state index contributed by atoms with van der Waals surface area (Å²) in [5.74, 6) is -0.492. The summed E-state index contributed by atoms with van der Waals surface area (Å²) in [5, 5.41) is 14.7. The molecule has 2 amide bonds. The minimum absolute atomic E-state index is 0.236. The molecule has 0 saturated carbocycles. The molecular formula is C22H19N5O2. The van der Waals surface area contributed by atoms with Crippen LogP contribution in [-0.2, 0) is 13.0 Å². The average Bonchev–Trinajstić information content (AvgIpc) is 3.15. The Morgan fingerprint density at radius 1 is 0.966 bits per heavy atom. The molecule has 1 aliphatic heterocycles. The van der Waals surface area contributed by atoms with E-state index in [0.29, 0.717) is 29.9 Å². The molecule has 0 radical (unpaired) electrons. The van der Waals surface area contributed by atoms with Crippen LogP contribution in [0.15, 0.2) is 54.6 Å². The summed E-state index contributed by atoms with van der Waals surface area (Å²) in [5.41, 5.74) is 2.66. The maximum Gasteiger partial charge on any atom is 0.291 e. The first-order valence-electron chi connectivity index (χ1n) is 9.43. The Balaban J connectivity index is 1.63. The van der Waals surface area contributed by atoms with E-state index in [2.05, 4.69) is 15.6 Å². The highest BCUT2D eigenvalue weighted by molar-refractivity contribution is 6.07. The van der Waals surface area contributed by atoms with Gasteiger partial charge >= 0.3 is 0 Å². The maximum atomic E-state index is 12.9. The van der Waals surface area contributed by atoms with Gasteiger partial charge in [-0.25, -0.2) is 4.98 Å². The summed E-state index contributed by atoms with van der Waals surface area (Å²) in [6.45, 7) is 0.650. The lowest BCUT2D eigenvalue weighted by atomic mass is 10.1. The number of rotatable bonds is 4. The van der Waals surface area contributed by atoms with Gasteiger partial charge in [0.15, 0.2) is 11.5 Å². The zero-order valence-corrected chi connectivity index (χ0v) is 15.7. The fraction of sp³-hybridized carbons (Fsp3) is 0.182. The molecule has 0 fully saturated rings. The molecule has 0 saturated heterocycles. The van der Waals surface area contributed by atoms with Crippen LogP contribution in [0.4, 0.5) is 11.4 Å². The van der Waals surface area contributed by atoms with Crippen molar-refractivity contribution in [3.63, 3.8) is 0 Å². The second-order valence-electron chi connectivity index (χ2n) is 6.81. The summed E-state index contributed by atoms with van der Waals surface area (Å²) in [4.78, 5) is 30.1. The Morgan fingerprint density at radius 3 is 2.52 bits per heavy atom. The largest absolute Gasteiger partial charge is 0.323 e. The molecule has 0 atom stereocenters. The molecule has 1 aliphatic rings. The van der Waals surface area contributed by atoms with Crippen LogP contribution < -0.4 is 10.6 Å². The number of nitrogens with zero attached hydrogens (tertiary/aromatic N) is 3. The van der Waals surface area contributed by atoms with Crippen molar-refractivity contribution in [2.75, 3.05) is 10.6 Å². The van der Waals surface area contributed by atoms with Crippen LogP contribution in [0.3, 0.4) is 0 Å². The number of imidazole rings is 1. The van der Waals surface area contributed by atoms with Crippen molar-refractivity contribution in [2.45, 2.75) is 25.8 Å². The highest BCUT2D eigenvalue weighted by atomic mass is 16.2. The Labute approximate surface area is 168 Å². The Bertz CT molecular complexity index is 1110. The van der Waals surface area contributed by atoms with E-state index in [1.807, 2.05) is 28.8 Å². The third-order valence-electron chi connectivity index (χ3n) is 4.82. The molecule has 2 N–H and O–H groups in total. The Hall–Kier alpha value is -3.92. The molecule has 4 rings (SSSR count). The first-order chi connectivity index (χ1) is 14.2. The third-order valence-corrected chi connectivity index (χ3v) is 4.82. The number of benzene rings is 2. The molecule has 0 aliphatic carbocycles. The van der Waals surface area contributed by atoms with E-state index in [-0.39, 0.29) is 23.3 Å². The zero-order chi connectivity index (χ0) is 20.2. The predicted molar refractivity (Wildman–Crippen MR) is 109 cm³/mol. The van der Waals surface area contributed by atoms with E-state index in [4.69, 9.17) is 5.26 Å². The van der Waals surface area contributed by atoms with Gasteiger partial charge in [-0.05, 0) is 49.6 Å². The quantitative estimate of drug-likeness (QED) is 0.717. The first kappa shape index (κ1) is 18.4. The van der Waals surface area contributed by atoms with Crippen molar-refractivity contribution < 1.29 is 9.59 Å². The van der Waals surface area contributed by atoms with Crippen LogP contribution in [0, 0.1) is 11.3 Å². The summed E-state index contributed by atoms with van der Waals surface area (Å²) in [7, 11) is 0. The van der Waals surface area contributed by atoms with Gasteiger partial charge in [0.1, 0.15) is 0 Å². The molecule has 2 heterocycles. The number of fused-ring (bicyclic) bond motifs is 1. The lowest BCUT2D eigenvalue weighted by Crippen LogP contribution is -2.21. The van der Waals surface area contributed by atoms with Crippen LogP contribution in [0.1, 0.15) is 45.2 Å². The molecule has 2 aromatic carbocycles. The number of hydrogen-bond acceptors (Lipinski definition) is 4. The number of para-hydroxylation sites is 1. The van der Waals surface area contributed by atoms with E-state index in [1.54, 1.807) is 36.4 Å². The SMILES string of the molecule is N#Cc1cccc(NC(=O)c2nc(C(=O)Nc3ccccc3)n3c2CCCC3)c1. The second kappa shape index (κ2) is 7.98. The number of aromatic nitrogens is 2. The minimum atomic E-state index is -0.385. The molecule has 29 heavy (non-hydrogen) atoms. The molecule has 7 heteroatoms. The van der Waals surface area contributed by atoms with Gasteiger partial charge < -0.3 is 15.2 Å². The molecular weight excluding hydrogens is 366 g/mol. The topological polar surface area (TPSA) is 99.8 Å². The molecule has 0 unspecified atom stereocenters. The van der Waals surface area contributed by atoms with Gasteiger partial charge in [0.25, 0.3) is 11.8 Å². The average molecular weight is 385 g/mol. The van der Waals surface area contributed by atoms with Crippen molar-refractivity contribution in [2.24, 2.45) is 0 Å². The lowest BCUT2D eigenvalue weighted by molar-refractivity contribution is 0.101. The van der Waals surface area contributed by atoms with Gasteiger partial charge in [0.2, 0.25) is 0 Å². The lowest BCUT2D eigenvalue weighted by Gasteiger charge is -2.17. The van der Waals surface area contributed by atoms with E-state index < -0.39 is 0 Å². The fourth-order valence-corrected chi connectivity index (χ4v) is 3.46. The molecule has 7 nitrogen and oxygen atoms in total. The highest BCUT2D eigenvalue weighted by Gasteiger charge is 2.27. The van der Waals surface area contributed by atoms with Crippen molar-refractivity contribution in [1.82, 2.24) is 9.55 Å². The van der Waals surface area contributed by atoms with Crippen LogP contribution in [-0.4, -0.2) is 21.4 Å². The minimum Gasteiger partial charge on any atom is -0.323 e. The number of carbonyl (C=O) groups is 2. The predicted octanol–water partition coefficient (Wildman–Crippen LogP) is 3.60. The normalized spacial score (nSPS) is 12.5. The van der Waals surface area contributed by atoms with Crippen LogP contribution in [0.5, 0.6) is 0 Å². The van der Waals surface area contributed by atoms with Crippen molar-refractivity contribution in [1.29, 1.82) is 5.26 Å². The second-order valence-corrected chi connectivity index (χ2v) is 6.81. The summed E-state index contributed by atoms with van der Waals surface area (Å²) < 4.78 is 1.84. The standard InChI is InChI=1S/C22H19N5O2/c23-14-15-7-6-10-17(13-15)25-21(28)19-18-11-4-5-12-27(18)20(26-19)22(29)24-16-8-2-1-3-9-16/h1-3,6-10,13H,4-5,11-12H2,(H,24,29)(H,25,28). The number of carbonyl (C=O) groups excluding carboxylic acids is 2. The van der Waals surface area contributed by atoms with E-state index in [0.717, 1.165) is 18.5 Å². The van der Waals surface area contributed by atoms with Gasteiger partial charge in [-0.15, -0.1) is 0 Å². The van der Waals surface area contributed by atoms with Crippen LogP contribution in [0.25, 0.3) is 0 Å². The van der Waals surface area contributed by atoms with Crippen LogP contribution in [0.2, 0.25) is 0 Å². The first-order valence-corrected chi connectivity index (χ1v) is 9.43. The van der Waals surface area contributed by atoms with E-state index >= 15 is 0 Å². The molecule has 0 bridgehead atoms. The maximum absolute atomic E-state index is 12.9. The number of nitrogens with one attached hydrogen (secondary N) is 2. The fourth-order valence-electron chi connectivity index (χ4n) is 3.46. The number of nitriles is 1. The molecule has 1 aromatic heterocycles. The number of amides is 2. The van der Waals surface area contributed by atoms with E-state index in [9.17, 15) is 9.59 Å². The summed E-state index contributed by atoms with van der Waals surface area (Å²) >= 11 is 0. The third kappa shape index (κ3) is 3.87. The summed E-state index contributed by atoms with van der Waals surface area (Å²) in [6.07, 6.45) is 2.56. The number of anilines is 2. The summed E-state index contributed by atoms with van der Waals surface area (Å²) in [6, 6.07) is 17.9. The molecule has 0 spiro atoms. The van der Waals surface area contributed by atoms with Crippen molar-refractivity contribution in [3.8, 4) is 6.07 Å². The van der Waals surface area contributed by atoms with Gasteiger partial charge in [-0.1, -0.05) is 24.3 Å². The zero-order valence-electron chi connectivity index (χ0n) is 15.7. The Morgan fingerprint density at radius 2 is 1.72 bits per heavy atom. The van der Waals surface area contributed by atoms with Crippen molar-refractivity contribution in [3.05, 3.63) is 77.4 Å². The van der Waals surface area contributed by atoms with Gasteiger partial charge in [0, 0.05) is 17.9 Å².